The van der Waals surface area contributed by atoms with Crippen LogP contribution in [0, 0.1) is 9.39 Å². The van der Waals surface area contributed by atoms with Gasteiger partial charge in [0, 0.05) is 12.1 Å². The van der Waals surface area contributed by atoms with Crippen LogP contribution in [0.15, 0.2) is 47.4 Å². The molecule has 0 unspecified atom stereocenters. The number of likely N-dealkylation sites (N-methyl/N-ethyl adjacent to an activating group) is 1. The average molecular weight is 499 g/mol. The van der Waals surface area contributed by atoms with E-state index in [-0.39, 0.29) is 18.3 Å². The molecule has 3 rings (SSSR count). The summed E-state index contributed by atoms with van der Waals surface area (Å²) in [5.74, 6) is 0.335. The number of thioether (sulfide) groups is 1. The van der Waals surface area contributed by atoms with Gasteiger partial charge in [-0.2, -0.15) is 0 Å². The highest BCUT2D eigenvalue weighted by molar-refractivity contribution is 14.1. The van der Waals surface area contributed by atoms with Crippen molar-refractivity contribution in [1.29, 1.82) is 0 Å². The van der Waals surface area contributed by atoms with Crippen LogP contribution in [-0.2, 0) is 11.4 Å². The second-order valence-corrected chi connectivity index (χ2v) is 8.33. The molecule has 0 atom stereocenters. The van der Waals surface area contributed by atoms with Crippen molar-refractivity contribution in [2.24, 2.45) is 0 Å². The fraction of sp³-hybridized carbons (Fsp3) is 0.158. The van der Waals surface area contributed by atoms with E-state index in [1.165, 1.54) is 17.8 Å². The maximum atomic E-state index is 13.7. The minimum Gasteiger partial charge on any atom is -0.488 e. The van der Waals surface area contributed by atoms with E-state index >= 15 is 0 Å². The molecule has 1 aliphatic rings. The molecule has 0 N–H and O–H groups in total. The normalized spacial score (nSPS) is 15.8. The van der Waals surface area contributed by atoms with Crippen LogP contribution < -0.4 is 4.74 Å². The van der Waals surface area contributed by atoms with Crippen LogP contribution >= 0.6 is 46.6 Å². The maximum Gasteiger partial charge on any atom is 0.266 e. The molecule has 1 amide bonds. The fourth-order valence-electron chi connectivity index (χ4n) is 2.42. The predicted molar refractivity (Wildman–Crippen MR) is 115 cm³/mol. The van der Waals surface area contributed by atoms with Gasteiger partial charge in [-0.15, -0.1) is 0 Å². The summed E-state index contributed by atoms with van der Waals surface area (Å²) >= 11 is 8.71. The first kappa shape index (κ1) is 19.3. The van der Waals surface area contributed by atoms with Crippen molar-refractivity contribution in [2.75, 3.05) is 6.54 Å². The standard InChI is InChI=1S/C19H15FINO2S2/c1-2-22-18(23)17(26-19(22)25)10-12-7-8-16(15(21)9-12)24-11-13-5-3-4-6-14(13)20/h3-10H,2,11H2,1H3/b17-10-. The van der Waals surface area contributed by atoms with E-state index in [2.05, 4.69) is 22.6 Å². The van der Waals surface area contributed by atoms with Gasteiger partial charge in [0.05, 0.1) is 8.48 Å². The maximum absolute atomic E-state index is 13.7. The molecular formula is C19H15FINO2S2. The Labute approximate surface area is 174 Å². The number of nitrogens with zero attached hydrogens (tertiary/aromatic N) is 1. The lowest BCUT2D eigenvalue weighted by molar-refractivity contribution is -0.121. The highest BCUT2D eigenvalue weighted by Gasteiger charge is 2.30. The third-order valence-corrected chi connectivity index (χ3v) is 6.01. The van der Waals surface area contributed by atoms with Gasteiger partial charge in [0.15, 0.2) is 0 Å². The van der Waals surface area contributed by atoms with Crippen LogP contribution in [0.3, 0.4) is 0 Å². The molecule has 0 aromatic heterocycles. The Morgan fingerprint density at radius 3 is 2.73 bits per heavy atom. The monoisotopic (exact) mass is 499 g/mol. The number of halogens is 2. The fourth-order valence-corrected chi connectivity index (χ4v) is 4.50. The van der Waals surface area contributed by atoms with Gasteiger partial charge in [-0.05, 0) is 59.4 Å². The molecule has 2 aromatic rings. The molecule has 0 bridgehead atoms. The number of carbonyl (C=O) groups is 1. The van der Waals surface area contributed by atoms with Gasteiger partial charge < -0.3 is 4.74 Å². The Kier molecular flexibility index (Phi) is 6.31. The highest BCUT2D eigenvalue weighted by atomic mass is 127. The summed E-state index contributed by atoms with van der Waals surface area (Å²) in [5, 5.41) is 0. The molecule has 0 radical (unpaired) electrons. The number of thiocarbonyl (C=S) groups is 1. The Balaban J connectivity index is 1.74. The number of hydrogen-bond donors (Lipinski definition) is 0. The lowest BCUT2D eigenvalue weighted by Crippen LogP contribution is -2.27. The van der Waals surface area contributed by atoms with E-state index in [1.54, 1.807) is 23.1 Å². The lowest BCUT2D eigenvalue weighted by atomic mass is 10.2. The van der Waals surface area contributed by atoms with Crippen molar-refractivity contribution in [2.45, 2.75) is 13.5 Å². The minimum absolute atomic E-state index is 0.0580. The zero-order valence-corrected chi connectivity index (χ0v) is 17.7. The Bertz CT molecular complexity index is 901. The van der Waals surface area contributed by atoms with Crippen LogP contribution in [-0.4, -0.2) is 21.7 Å². The Hall–Kier alpha value is -1.45. The summed E-state index contributed by atoms with van der Waals surface area (Å²) in [4.78, 5) is 14.5. The van der Waals surface area contributed by atoms with Crippen LogP contribution in [0.2, 0.25) is 0 Å². The van der Waals surface area contributed by atoms with Crippen molar-refractivity contribution < 1.29 is 13.9 Å². The van der Waals surface area contributed by atoms with E-state index in [9.17, 15) is 9.18 Å². The quantitative estimate of drug-likeness (QED) is 0.320. The minimum atomic E-state index is -0.280. The zero-order valence-electron chi connectivity index (χ0n) is 13.9. The predicted octanol–water partition coefficient (Wildman–Crippen LogP) is 5.23. The second-order valence-electron chi connectivity index (χ2n) is 5.50. The zero-order chi connectivity index (χ0) is 18.7. The first-order valence-electron chi connectivity index (χ1n) is 7.90. The number of hydrogen-bond acceptors (Lipinski definition) is 4. The molecule has 2 aromatic carbocycles. The van der Waals surface area contributed by atoms with Crippen LogP contribution in [0.25, 0.3) is 6.08 Å². The van der Waals surface area contributed by atoms with Gasteiger partial charge in [-0.3, -0.25) is 9.69 Å². The average Bonchev–Trinajstić information content (AvgIpc) is 2.88. The Morgan fingerprint density at radius 1 is 1.31 bits per heavy atom. The number of amides is 1. The van der Waals surface area contributed by atoms with Crippen LogP contribution in [0.5, 0.6) is 5.75 Å². The number of carbonyl (C=O) groups excluding carboxylic acids is 1. The highest BCUT2D eigenvalue weighted by Crippen LogP contribution is 2.33. The molecular weight excluding hydrogens is 484 g/mol. The molecule has 1 saturated heterocycles. The molecule has 0 spiro atoms. The molecule has 3 nitrogen and oxygen atoms in total. The first-order valence-corrected chi connectivity index (χ1v) is 10.2. The van der Waals surface area contributed by atoms with Gasteiger partial charge in [-0.1, -0.05) is 48.2 Å². The third-order valence-electron chi connectivity index (χ3n) is 3.78. The van der Waals surface area contributed by atoms with Crippen molar-refractivity contribution in [3.63, 3.8) is 0 Å². The van der Waals surface area contributed by atoms with Crippen molar-refractivity contribution in [3.8, 4) is 5.75 Å². The van der Waals surface area contributed by atoms with E-state index < -0.39 is 0 Å². The number of benzene rings is 2. The number of rotatable bonds is 5. The molecule has 0 saturated carbocycles. The van der Waals surface area contributed by atoms with E-state index in [0.717, 1.165) is 9.13 Å². The van der Waals surface area contributed by atoms with Crippen LogP contribution in [0.4, 0.5) is 4.39 Å². The molecule has 1 aliphatic heterocycles. The van der Waals surface area contributed by atoms with E-state index in [0.29, 0.717) is 27.1 Å². The summed E-state index contributed by atoms with van der Waals surface area (Å²) < 4.78 is 20.9. The topological polar surface area (TPSA) is 29.5 Å². The van der Waals surface area contributed by atoms with Gasteiger partial charge in [0.2, 0.25) is 0 Å². The van der Waals surface area contributed by atoms with Gasteiger partial charge in [0.25, 0.3) is 5.91 Å². The summed E-state index contributed by atoms with van der Waals surface area (Å²) in [5.41, 5.74) is 1.40. The van der Waals surface area contributed by atoms with Crippen LogP contribution in [0.1, 0.15) is 18.1 Å². The lowest BCUT2D eigenvalue weighted by Gasteiger charge is -2.10. The molecule has 7 heteroatoms. The summed E-state index contributed by atoms with van der Waals surface area (Å²) in [7, 11) is 0. The Morgan fingerprint density at radius 2 is 2.08 bits per heavy atom. The van der Waals surface area contributed by atoms with Gasteiger partial charge >= 0.3 is 0 Å². The largest absolute Gasteiger partial charge is 0.488 e. The van der Waals surface area contributed by atoms with E-state index in [1.807, 2.05) is 31.2 Å². The van der Waals surface area contributed by atoms with Crippen molar-refractivity contribution >= 4 is 62.9 Å². The third kappa shape index (κ3) is 4.27. The first-order chi connectivity index (χ1) is 12.5. The summed E-state index contributed by atoms with van der Waals surface area (Å²) in [6.45, 7) is 2.64. The SMILES string of the molecule is CCN1C(=O)/C(=C/c2ccc(OCc3ccccc3F)c(I)c2)SC1=S. The summed E-state index contributed by atoms with van der Waals surface area (Å²) in [6.07, 6.45) is 1.83. The van der Waals surface area contributed by atoms with Crippen molar-refractivity contribution in [1.82, 2.24) is 4.90 Å². The van der Waals surface area contributed by atoms with Crippen molar-refractivity contribution in [3.05, 3.63) is 67.9 Å². The molecule has 134 valence electrons. The smallest absolute Gasteiger partial charge is 0.266 e. The molecule has 1 heterocycles. The van der Waals surface area contributed by atoms with Gasteiger partial charge in [0.1, 0.15) is 22.5 Å². The van der Waals surface area contributed by atoms with Gasteiger partial charge in [-0.25, -0.2) is 4.39 Å². The molecule has 26 heavy (non-hydrogen) atoms. The summed E-state index contributed by atoms with van der Waals surface area (Å²) in [6, 6.07) is 12.2. The second kappa shape index (κ2) is 8.49. The molecule has 0 aliphatic carbocycles. The molecule has 1 fully saturated rings. The van der Waals surface area contributed by atoms with E-state index in [4.69, 9.17) is 17.0 Å². The number of ether oxygens (including phenoxy) is 1.